The standard InChI is InChI=1S/C16H19N5O2/c1-9-8-12-15(20-16(23)18-12)14(10(9)2)19-13(22)5-4-11-6-7-17-21(11)3/h6-8H,4-5H2,1-3H3,(H,19,22)(H2,18,20,23). The molecule has 0 bridgehead atoms. The van der Waals surface area contributed by atoms with Gasteiger partial charge in [-0.2, -0.15) is 5.10 Å². The third-order valence-corrected chi connectivity index (χ3v) is 4.13. The van der Waals surface area contributed by atoms with E-state index in [2.05, 4.69) is 20.4 Å². The SMILES string of the molecule is Cc1cc2[nH]c(=O)[nH]c2c(NC(=O)CCc2ccnn2C)c1C. The molecule has 1 aromatic carbocycles. The lowest BCUT2D eigenvalue weighted by molar-refractivity contribution is -0.116. The van der Waals surface area contributed by atoms with Crippen LogP contribution in [-0.4, -0.2) is 25.7 Å². The van der Waals surface area contributed by atoms with Gasteiger partial charge in [0.2, 0.25) is 5.91 Å². The quantitative estimate of drug-likeness (QED) is 0.685. The van der Waals surface area contributed by atoms with Gasteiger partial charge in [-0.1, -0.05) is 0 Å². The van der Waals surface area contributed by atoms with Gasteiger partial charge >= 0.3 is 5.69 Å². The van der Waals surface area contributed by atoms with Gasteiger partial charge in [0, 0.05) is 25.4 Å². The fourth-order valence-corrected chi connectivity index (χ4v) is 2.66. The molecule has 2 aromatic heterocycles. The molecule has 2 heterocycles. The summed E-state index contributed by atoms with van der Waals surface area (Å²) >= 11 is 0. The van der Waals surface area contributed by atoms with Crippen molar-refractivity contribution in [1.82, 2.24) is 19.7 Å². The summed E-state index contributed by atoms with van der Waals surface area (Å²) in [5, 5.41) is 7.02. The van der Waals surface area contributed by atoms with Gasteiger partial charge in [0.25, 0.3) is 0 Å². The molecule has 7 nitrogen and oxygen atoms in total. The normalized spacial score (nSPS) is 11.1. The highest BCUT2D eigenvalue weighted by Gasteiger charge is 2.14. The fourth-order valence-electron chi connectivity index (χ4n) is 2.66. The minimum Gasteiger partial charge on any atom is -0.324 e. The Morgan fingerprint density at radius 3 is 2.83 bits per heavy atom. The number of aryl methyl sites for hydroxylation is 3. The Bertz CT molecular complexity index is 932. The molecule has 0 saturated carbocycles. The minimum absolute atomic E-state index is 0.0942. The number of hydrogen-bond donors (Lipinski definition) is 3. The predicted octanol–water partition coefficient (Wildman–Crippen LogP) is 1.78. The number of H-pyrrole nitrogens is 2. The van der Waals surface area contributed by atoms with E-state index in [1.165, 1.54) is 0 Å². The van der Waals surface area contributed by atoms with E-state index in [1.54, 1.807) is 10.9 Å². The van der Waals surface area contributed by atoms with Gasteiger partial charge in [-0.3, -0.25) is 9.48 Å². The summed E-state index contributed by atoms with van der Waals surface area (Å²) in [5.74, 6) is -0.0942. The predicted molar refractivity (Wildman–Crippen MR) is 88.6 cm³/mol. The van der Waals surface area contributed by atoms with Gasteiger partial charge in [0.15, 0.2) is 0 Å². The molecule has 3 N–H and O–H groups in total. The fraction of sp³-hybridized carbons (Fsp3) is 0.312. The van der Waals surface area contributed by atoms with E-state index in [-0.39, 0.29) is 11.6 Å². The average molecular weight is 313 g/mol. The van der Waals surface area contributed by atoms with E-state index in [0.29, 0.717) is 29.6 Å². The monoisotopic (exact) mass is 313 g/mol. The van der Waals surface area contributed by atoms with Crippen LogP contribution in [0, 0.1) is 13.8 Å². The third-order valence-electron chi connectivity index (χ3n) is 4.13. The Labute approximate surface area is 132 Å². The number of carbonyl (C=O) groups is 1. The van der Waals surface area contributed by atoms with Gasteiger partial charge in [-0.25, -0.2) is 4.79 Å². The molecule has 0 aliphatic rings. The molecule has 3 rings (SSSR count). The Morgan fingerprint density at radius 1 is 1.35 bits per heavy atom. The van der Waals surface area contributed by atoms with Crippen LogP contribution in [0.25, 0.3) is 11.0 Å². The summed E-state index contributed by atoms with van der Waals surface area (Å²) in [6.45, 7) is 3.88. The Kier molecular flexibility index (Phi) is 3.77. The molecule has 0 fully saturated rings. The first-order valence-electron chi connectivity index (χ1n) is 7.44. The lowest BCUT2D eigenvalue weighted by Crippen LogP contribution is -2.15. The largest absolute Gasteiger partial charge is 0.324 e. The molecular formula is C16H19N5O2. The molecule has 0 saturated heterocycles. The number of anilines is 1. The first kappa shape index (κ1) is 15.1. The van der Waals surface area contributed by atoms with Crippen molar-refractivity contribution in [2.75, 3.05) is 5.32 Å². The Hall–Kier alpha value is -2.83. The summed E-state index contributed by atoms with van der Waals surface area (Å²) in [7, 11) is 1.85. The van der Waals surface area contributed by atoms with Crippen molar-refractivity contribution in [3.8, 4) is 0 Å². The zero-order valence-corrected chi connectivity index (χ0v) is 13.4. The molecule has 7 heteroatoms. The number of nitrogens with zero attached hydrogens (tertiary/aromatic N) is 2. The third kappa shape index (κ3) is 2.90. The topological polar surface area (TPSA) is 95.6 Å². The molecule has 0 spiro atoms. The molecule has 0 unspecified atom stereocenters. The van der Waals surface area contributed by atoms with Crippen LogP contribution in [0.4, 0.5) is 5.69 Å². The second kappa shape index (κ2) is 5.75. The number of benzene rings is 1. The molecule has 1 amide bonds. The number of rotatable bonds is 4. The number of nitrogens with one attached hydrogen (secondary N) is 3. The number of aromatic amines is 2. The van der Waals surface area contributed by atoms with Crippen LogP contribution >= 0.6 is 0 Å². The van der Waals surface area contributed by atoms with Crippen molar-refractivity contribution < 1.29 is 4.79 Å². The molecule has 120 valence electrons. The number of amides is 1. The molecule has 23 heavy (non-hydrogen) atoms. The Balaban J connectivity index is 1.83. The number of hydrogen-bond acceptors (Lipinski definition) is 3. The van der Waals surface area contributed by atoms with Crippen LogP contribution in [-0.2, 0) is 18.3 Å². The van der Waals surface area contributed by atoms with Crippen LogP contribution in [0.5, 0.6) is 0 Å². The van der Waals surface area contributed by atoms with Gasteiger partial charge < -0.3 is 15.3 Å². The van der Waals surface area contributed by atoms with Crippen molar-refractivity contribution >= 4 is 22.6 Å². The van der Waals surface area contributed by atoms with Crippen molar-refractivity contribution in [2.24, 2.45) is 7.05 Å². The zero-order chi connectivity index (χ0) is 16.6. The van der Waals surface area contributed by atoms with Crippen LogP contribution in [0.15, 0.2) is 23.1 Å². The second-order valence-electron chi connectivity index (χ2n) is 5.69. The van der Waals surface area contributed by atoms with E-state index in [0.717, 1.165) is 16.8 Å². The molecule has 0 aliphatic carbocycles. The molecule has 0 aliphatic heterocycles. The maximum atomic E-state index is 12.3. The summed E-state index contributed by atoms with van der Waals surface area (Å²) in [4.78, 5) is 29.3. The van der Waals surface area contributed by atoms with Crippen molar-refractivity contribution in [3.63, 3.8) is 0 Å². The first-order chi connectivity index (χ1) is 11.0. The summed E-state index contributed by atoms with van der Waals surface area (Å²) in [6, 6.07) is 3.79. The maximum absolute atomic E-state index is 12.3. The highest BCUT2D eigenvalue weighted by atomic mass is 16.2. The summed E-state index contributed by atoms with van der Waals surface area (Å²) in [5.41, 5.74) is 4.66. The first-order valence-corrected chi connectivity index (χ1v) is 7.44. The average Bonchev–Trinajstić information content (AvgIpc) is 3.07. The molecular weight excluding hydrogens is 294 g/mol. The maximum Gasteiger partial charge on any atom is 0.323 e. The smallest absolute Gasteiger partial charge is 0.323 e. The molecule has 0 atom stereocenters. The van der Waals surface area contributed by atoms with E-state index in [1.807, 2.05) is 33.0 Å². The van der Waals surface area contributed by atoms with Crippen molar-refractivity contribution in [2.45, 2.75) is 26.7 Å². The van der Waals surface area contributed by atoms with Crippen LogP contribution in [0.1, 0.15) is 23.2 Å². The molecule has 0 radical (unpaired) electrons. The van der Waals surface area contributed by atoms with Crippen LogP contribution in [0.3, 0.4) is 0 Å². The van der Waals surface area contributed by atoms with E-state index in [9.17, 15) is 9.59 Å². The number of fused-ring (bicyclic) bond motifs is 1. The van der Waals surface area contributed by atoms with Crippen molar-refractivity contribution in [3.05, 3.63) is 45.6 Å². The van der Waals surface area contributed by atoms with Crippen LogP contribution in [0.2, 0.25) is 0 Å². The van der Waals surface area contributed by atoms with E-state index >= 15 is 0 Å². The highest BCUT2D eigenvalue weighted by molar-refractivity contribution is 6.01. The lowest BCUT2D eigenvalue weighted by atomic mass is 10.1. The van der Waals surface area contributed by atoms with Gasteiger partial charge in [-0.15, -0.1) is 0 Å². The highest BCUT2D eigenvalue weighted by Crippen LogP contribution is 2.27. The number of aromatic nitrogens is 4. The minimum atomic E-state index is -0.282. The lowest BCUT2D eigenvalue weighted by Gasteiger charge is -2.12. The van der Waals surface area contributed by atoms with Gasteiger partial charge in [-0.05, 0) is 43.5 Å². The summed E-state index contributed by atoms with van der Waals surface area (Å²) in [6.07, 6.45) is 2.68. The zero-order valence-electron chi connectivity index (χ0n) is 13.4. The van der Waals surface area contributed by atoms with Gasteiger partial charge in [0.05, 0.1) is 16.7 Å². The van der Waals surface area contributed by atoms with Gasteiger partial charge in [0.1, 0.15) is 0 Å². The van der Waals surface area contributed by atoms with E-state index < -0.39 is 0 Å². The second-order valence-corrected chi connectivity index (χ2v) is 5.69. The summed E-state index contributed by atoms with van der Waals surface area (Å²) < 4.78 is 1.76. The van der Waals surface area contributed by atoms with E-state index in [4.69, 9.17) is 0 Å². The van der Waals surface area contributed by atoms with Crippen molar-refractivity contribution in [1.29, 1.82) is 0 Å². The molecule has 3 aromatic rings. The number of carbonyl (C=O) groups excluding carboxylic acids is 1. The number of imidazole rings is 1. The van der Waals surface area contributed by atoms with Crippen LogP contribution < -0.4 is 11.0 Å². The Morgan fingerprint density at radius 2 is 2.13 bits per heavy atom.